The normalized spacial score (nSPS) is 11.5. The summed E-state index contributed by atoms with van der Waals surface area (Å²) in [5.74, 6) is -0.439. The average Bonchev–Trinajstić information content (AvgIpc) is 2.15. The molecule has 0 aromatic heterocycles. The number of carbonyl (C=O) groups is 1. The molecule has 1 unspecified atom stereocenters. The minimum absolute atomic E-state index is 0.260. The fourth-order valence-corrected chi connectivity index (χ4v) is 0.826. The Bertz CT molecular complexity index is 201. The second-order valence-electron chi connectivity index (χ2n) is 2.46. The Morgan fingerprint density at radius 3 is 2.69 bits per heavy atom. The van der Waals surface area contributed by atoms with Gasteiger partial charge in [-0.25, -0.2) is 4.79 Å². The summed E-state index contributed by atoms with van der Waals surface area (Å²) in [6.07, 6.45) is 1.39. The van der Waals surface area contributed by atoms with E-state index in [0.29, 0.717) is 18.5 Å². The predicted molar refractivity (Wildman–Crippen MR) is 49.9 cm³/mol. The monoisotopic (exact) mass is 185 g/mol. The molecule has 0 fully saturated rings. The molecule has 0 radical (unpaired) electrons. The van der Waals surface area contributed by atoms with Gasteiger partial charge in [-0.05, 0) is 0 Å². The van der Waals surface area contributed by atoms with Crippen molar-refractivity contribution in [2.45, 2.75) is 12.5 Å². The lowest BCUT2D eigenvalue weighted by Gasteiger charge is -2.14. The van der Waals surface area contributed by atoms with Gasteiger partial charge in [0.25, 0.3) is 0 Å². The van der Waals surface area contributed by atoms with Gasteiger partial charge in [-0.15, -0.1) is 0 Å². The first-order chi connectivity index (χ1) is 6.15. The average molecular weight is 185 g/mol. The maximum atomic E-state index is 10.9. The Morgan fingerprint density at radius 1 is 1.69 bits per heavy atom. The summed E-state index contributed by atoms with van der Waals surface area (Å²) in [6, 6.07) is 0. The SMILES string of the molecule is C=COC(CN)CC(=C)C(=O)OC. The Morgan fingerprint density at radius 2 is 2.31 bits per heavy atom. The molecule has 0 amide bonds. The van der Waals surface area contributed by atoms with Crippen LogP contribution in [0.4, 0.5) is 0 Å². The van der Waals surface area contributed by atoms with Crippen molar-refractivity contribution in [3.05, 3.63) is 25.0 Å². The number of hydrogen-bond donors (Lipinski definition) is 1. The topological polar surface area (TPSA) is 61.5 Å². The van der Waals surface area contributed by atoms with E-state index in [1.807, 2.05) is 0 Å². The Balaban J connectivity index is 4.00. The summed E-state index contributed by atoms with van der Waals surface area (Å²) in [5, 5.41) is 0. The lowest BCUT2D eigenvalue weighted by Crippen LogP contribution is -2.24. The van der Waals surface area contributed by atoms with Crippen LogP contribution in [0.1, 0.15) is 6.42 Å². The van der Waals surface area contributed by atoms with Gasteiger partial charge < -0.3 is 15.2 Å². The third kappa shape index (κ3) is 4.32. The van der Waals surface area contributed by atoms with Gasteiger partial charge in [0.2, 0.25) is 0 Å². The molecule has 2 N–H and O–H groups in total. The second-order valence-corrected chi connectivity index (χ2v) is 2.46. The summed E-state index contributed by atoms with van der Waals surface area (Å²) in [4.78, 5) is 10.9. The highest BCUT2D eigenvalue weighted by Crippen LogP contribution is 2.07. The van der Waals surface area contributed by atoms with Crippen molar-refractivity contribution in [3.63, 3.8) is 0 Å². The fraction of sp³-hybridized carbons (Fsp3) is 0.444. The molecule has 4 heteroatoms. The Kier molecular flexibility index (Phi) is 5.63. The van der Waals surface area contributed by atoms with Gasteiger partial charge in [0.15, 0.2) is 0 Å². The van der Waals surface area contributed by atoms with E-state index >= 15 is 0 Å². The molecular weight excluding hydrogens is 170 g/mol. The van der Waals surface area contributed by atoms with Gasteiger partial charge >= 0.3 is 5.97 Å². The molecule has 4 nitrogen and oxygen atoms in total. The van der Waals surface area contributed by atoms with E-state index in [0.717, 1.165) is 0 Å². The molecule has 0 saturated heterocycles. The van der Waals surface area contributed by atoms with E-state index in [9.17, 15) is 4.79 Å². The summed E-state index contributed by atoms with van der Waals surface area (Å²) in [5.41, 5.74) is 5.73. The summed E-state index contributed by atoms with van der Waals surface area (Å²) in [6.45, 7) is 7.26. The standard InChI is InChI=1S/C9H15NO3/c1-4-13-8(6-10)5-7(2)9(11)12-3/h4,8H,1-2,5-6,10H2,3H3. The molecule has 0 aromatic rings. The molecule has 0 saturated carbocycles. The summed E-state index contributed by atoms with van der Waals surface area (Å²) < 4.78 is 9.50. The molecule has 0 aliphatic carbocycles. The van der Waals surface area contributed by atoms with Gasteiger partial charge in [0, 0.05) is 18.5 Å². The maximum Gasteiger partial charge on any atom is 0.333 e. The van der Waals surface area contributed by atoms with Crippen LogP contribution in [0, 0.1) is 0 Å². The molecule has 1 atom stereocenters. The van der Waals surface area contributed by atoms with Gasteiger partial charge in [-0.2, -0.15) is 0 Å². The molecular formula is C9H15NO3. The molecule has 0 heterocycles. The largest absolute Gasteiger partial charge is 0.497 e. The van der Waals surface area contributed by atoms with Crippen LogP contribution in [0.5, 0.6) is 0 Å². The van der Waals surface area contributed by atoms with Crippen molar-refractivity contribution in [3.8, 4) is 0 Å². The van der Waals surface area contributed by atoms with Crippen molar-refractivity contribution < 1.29 is 14.3 Å². The number of hydrogen-bond acceptors (Lipinski definition) is 4. The van der Waals surface area contributed by atoms with Crippen LogP contribution in [-0.2, 0) is 14.3 Å². The highest BCUT2D eigenvalue weighted by atomic mass is 16.5. The fourth-order valence-electron chi connectivity index (χ4n) is 0.826. The molecule has 0 bridgehead atoms. The van der Waals surface area contributed by atoms with E-state index in [2.05, 4.69) is 17.9 Å². The first-order valence-corrected chi connectivity index (χ1v) is 3.88. The molecule has 0 rings (SSSR count). The number of methoxy groups -OCH3 is 1. The van der Waals surface area contributed by atoms with Crippen LogP contribution in [0.2, 0.25) is 0 Å². The van der Waals surface area contributed by atoms with Crippen LogP contribution < -0.4 is 5.73 Å². The summed E-state index contributed by atoms with van der Waals surface area (Å²) >= 11 is 0. The highest BCUT2D eigenvalue weighted by Gasteiger charge is 2.13. The van der Waals surface area contributed by atoms with Gasteiger partial charge in [0.05, 0.1) is 13.4 Å². The maximum absolute atomic E-state index is 10.9. The third-order valence-corrected chi connectivity index (χ3v) is 1.50. The minimum atomic E-state index is -0.439. The van der Waals surface area contributed by atoms with E-state index in [1.165, 1.54) is 13.4 Å². The number of nitrogens with two attached hydrogens (primary N) is 1. The molecule has 0 spiro atoms. The smallest absolute Gasteiger partial charge is 0.333 e. The van der Waals surface area contributed by atoms with Crippen LogP contribution in [0.25, 0.3) is 0 Å². The van der Waals surface area contributed by atoms with Crippen molar-refractivity contribution in [2.24, 2.45) is 5.73 Å². The van der Waals surface area contributed by atoms with Crippen LogP contribution in [0.15, 0.2) is 25.0 Å². The van der Waals surface area contributed by atoms with Gasteiger partial charge in [0.1, 0.15) is 6.10 Å². The predicted octanol–water partition coefficient (Wildman–Crippen LogP) is 0.593. The van der Waals surface area contributed by atoms with Crippen molar-refractivity contribution in [1.29, 1.82) is 0 Å². The number of rotatable bonds is 6. The highest BCUT2D eigenvalue weighted by molar-refractivity contribution is 5.87. The zero-order valence-corrected chi connectivity index (χ0v) is 7.79. The molecule has 0 aromatic carbocycles. The number of ether oxygens (including phenoxy) is 2. The van der Waals surface area contributed by atoms with Gasteiger partial charge in [-0.1, -0.05) is 13.2 Å². The second kappa shape index (κ2) is 6.25. The van der Waals surface area contributed by atoms with Crippen LogP contribution >= 0.6 is 0 Å². The zero-order chi connectivity index (χ0) is 10.3. The van der Waals surface area contributed by atoms with E-state index in [-0.39, 0.29) is 6.10 Å². The van der Waals surface area contributed by atoms with E-state index < -0.39 is 5.97 Å². The number of carbonyl (C=O) groups excluding carboxylic acids is 1. The Hall–Kier alpha value is -1.29. The minimum Gasteiger partial charge on any atom is -0.497 e. The van der Waals surface area contributed by atoms with Crippen molar-refractivity contribution >= 4 is 5.97 Å². The Labute approximate surface area is 78.0 Å². The van der Waals surface area contributed by atoms with Crippen LogP contribution in [-0.4, -0.2) is 25.7 Å². The first-order valence-electron chi connectivity index (χ1n) is 3.88. The lowest BCUT2D eigenvalue weighted by molar-refractivity contribution is -0.136. The zero-order valence-electron chi connectivity index (χ0n) is 7.79. The molecule has 0 aliphatic rings. The third-order valence-electron chi connectivity index (χ3n) is 1.50. The molecule has 74 valence electrons. The van der Waals surface area contributed by atoms with Crippen LogP contribution in [0.3, 0.4) is 0 Å². The van der Waals surface area contributed by atoms with Crippen molar-refractivity contribution in [1.82, 2.24) is 0 Å². The molecule has 0 aliphatic heterocycles. The van der Waals surface area contributed by atoms with Crippen molar-refractivity contribution in [2.75, 3.05) is 13.7 Å². The first kappa shape index (κ1) is 11.7. The summed E-state index contributed by atoms with van der Waals surface area (Å²) in [7, 11) is 1.30. The van der Waals surface area contributed by atoms with E-state index in [1.54, 1.807) is 0 Å². The van der Waals surface area contributed by atoms with E-state index in [4.69, 9.17) is 10.5 Å². The number of esters is 1. The molecule has 13 heavy (non-hydrogen) atoms. The van der Waals surface area contributed by atoms with Gasteiger partial charge in [-0.3, -0.25) is 0 Å². The lowest BCUT2D eigenvalue weighted by atomic mass is 10.1. The quantitative estimate of drug-likeness (QED) is 0.374.